The van der Waals surface area contributed by atoms with Gasteiger partial charge in [0.1, 0.15) is 34.5 Å². The summed E-state index contributed by atoms with van der Waals surface area (Å²) in [6, 6.07) is 8.69. The number of aliphatic hydroxyl groups excluding tert-OH is 2. The molecule has 0 spiro atoms. The predicted molar refractivity (Wildman–Crippen MR) is 108 cm³/mol. The first-order chi connectivity index (χ1) is 14.3. The molecule has 1 saturated heterocycles. The molecule has 3 aromatic rings. The van der Waals surface area contributed by atoms with Gasteiger partial charge in [0.2, 0.25) is 0 Å². The number of methoxy groups -OCH3 is 1. The molecule has 1 aliphatic heterocycles. The van der Waals surface area contributed by atoms with Crippen LogP contribution in [-0.4, -0.2) is 45.8 Å². The summed E-state index contributed by atoms with van der Waals surface area (Å²) in [6.07, 6.45) is -3.45. The molecule has 1 aromatic heterocycles. The zero-order valence-corrected chi connectivity index (χ0v) is 16.4. The maximum atomic E-state index is 12.8. The van der Waals surface area contributed by atoms with Gasteiger partial charge < -0.3 is 34.3 Å². The second-order valence-corrected chi connectivity index (χ2v) is 7.36. The van der Waals surface area contributed by atoms with Gasteiger partial charge in [0.25, 0.3) is 0 Å². The van der Waals surface area contributed by atoms with Crippen LogP contribution >= 0.6 is 0 Å². The number of rotatable bonds is 3. The fourth-order valence-corrected chi connectivity index (χ4v) is 3.81. The van der Waals surface area contributed by atoms with Gasteiger partial charge in [0, 0.05) is 24.1 Å². The first-order valence-electron chi connectivity index (χ1n) is 9.49. The Morgan fingerprint density at radius 1 is 1.10 bits per heavy atom. The molecule has 30 heavy (non-hydrogen) atoms. The standard InChI is InChI=1S/C22H22O8/c1-10-21(27)15(26)9-18(29-10)20-17(28-2)8-14(25)19-13(24)7-16(30-22(19)20)11-3-5-12(23)6-4-11/h3-8,10,15,18,21,23,25-27H,9H2,1-2H3/t10-,15?,18+,21?/m0/s1. The Bertz CT molecular complexity index is 1120. The molecule has 0 amide bonds. The van der Waals surface area contributed by atoms with Gasteiger partial charge in [0.05, 0.1) is 31.0 Å². The lowest BCUT2D eigenvalue weighted by Crippen LogP contribution is -2.44. The molecule has 0 bridgehead atoms. The lowest BCUT2D eigenvalue weighted by Gasteiger charge is -2.36. The SMILES string of the molecule is COc1cc(O)c2c(=O)cc(-c3ccc(O)cc3)oc2c1[C@H]1CC(O)C(O)[C@H](C)O1. The Morgan fingerprint density at radius 2 is 1.80 bits per heavy atom. The van der Waals surface area contributed by atoms with Crippen LogP contribution in [0.4, 0.5) is 0 Å². The van der Waals surface area contributed by atoms with E-state index in [-0.39, 0.29) is 40.4 Å². The van der Waals surface area contributed by atoms with Crippen LogP contribution in [0.25, 0.3) is 22.3 Å². The molecule has 4 N–H and O–H groups in total. The molecule has 158 valence electrons. The van der Waals surface area contributed by atoms with Crippen molar-refractivity contribution >= 4 is 11.0 Å². The van der Waals surface area contributed by atoms with Crippen LogP contribution in [0, 0.1) is 0 Å². The van der Waals surface area contributed by atoms with Crippen molar-refractivity contribution in [3.8, 4) is 28.6 Å². The third-order valence-electron chi connectivity index (χ3n) is 5.39. The minimum atomic E-state index is -1.05. The van der Waals surface area contributed by atoms with Crippen molar-refractivity contribution in [2.75, 3.05) is 7.11 Å². The largest absolute Gasteiger partial charge is 0.508 e. The van der Waals surface area contributed by atoms with Gasteiger partial charge >= 0.3 is 0 Å². The van der Waals surface area contributed by atoms with E-state index < -0.39 is 29.8 Å². The van der Waals surface area contributed by atoms with E-state index in [9.17, 15) is 25.2 Å². The highest BCUT2D eigenvalue weighted by Crippen LogP contribution is 2.43. The summed E-state index contributed by atoms with van der Waals surface area (Å²) in [5.41, 5.74) is 0.516. The average molecular weight is 414 g/mol. The van der Waals surface area contributed by atoms with Crippen LogP contribution in [0.1, 0.15) is 25.0 Å². The van der Waals surface area contributed by atoms with Gasteiger partial charge in [-0.2, -0.15) is 0 Å². The van der Waals surface area contributed by atoms with Crippen LogP contribution in [-0.2, 0) is 4.74 Å². The third-order valence-corrected chi connectivity index (χ3v) is 5.39. The van der Waals surface area contributed by atoms with Crippen LogP contribution in [0.2, 0.25) is 0 Å². The molecule has 0 saturated carbocycles. The summed E-state index contributed by atoms with van der Waals surface area (Å²) in [5, 5.41) is 40.2. The van der Waals surface area contributed by atoms with Gasteiger partial charge in [-0.15, -0.1) is 0 Å². The monoisotopic (exact) mass is 414 g/mol. The first kappa shape index (κ1) is 20.2. The van der Waals surface area contributed by atoms with Gasteiger partial charge in [-0.05, 0) is 31.2 Å². The molecule has 2 heterocycles. The molecule has 8 heteroatoms. The number of aromatic hydroxyl groups is 2. The minimum absolute atomic E-state index is 0.0369. The van der Waals surface area contributed by atoms with Crippen molar-refractivity contribution in [2.45, 2.75) is 37.8 Å². The van der Waals surface area contributed by atoms with E-state index in [1.807, 2.05) is 0 Å². The average Bonchev–Trinajstić information content (AvgIpc) is 2.71. The number of ether oxygens (including phenoxy) is 2. The summed E-state index contributed by atoms with van der Waals surface area (Å²) in [7, 11) is 1.41. The van der Waals surface area contributed by atoms with Crippen LogP contribution in [0.15, 0.2) is 45.6 Å². The molecule has 1 aliphatic rings. The lowest BCUT2D eigenvalue weighted by atomic mass is 9.92. The Kier molecular flexibility index (Phi) is 5.15. The number of hydrogen-bond acceptors (Lipinski definition) is 8. The minimum Gasteiger partial charge on any atom is -0.508 e. The molecule has 4 rings (SSSR count). The molecule has 0 radical (unpaired) electrons. The highest BCUT2D eigenvalue weighted by atomic mass is 16.5. The van der Waals surface area contributed by atoms with E-state index in [0.717, 1.165) is 0 Å². The second kappa shape index (κ2) is 7.64. The number of fused-ring (bicyclic) bond motifs is 1. The topological polar surface area (TPSA) is 130 Å². The van der Waals surface area contributed by atoms with E-state index in [0.29, 0.717) is 11.1 Å². The molecular formula is C22H22O8. The van der Waals surface area contributed by atoms with E-state index in [4.69, 9.17) is 13.9 Å². The fraction of sp³-hybridized carbons (Fsp3) is 0.318. The normalized spacial score (nSPS) is 24.1. The van der Waals surface area contributed by atoms with Gasteiger partial charge in [0.15, 0.2) is 11.0 Å². The molecule has 8 nitrogen and oxygen atoms in total. The summed E-state index contributed by atoms with van der Waals surface area (Å²) in [5.74, 6) is 0.220. The first-order valence-corrected chi connectivity index (χ1v) is 9.49. The Labute approximate surface area is 171 Å². The lowest BCUT2D eigenvalue weighted by molar-refractivity contribution is -0.163. The van der Waals surface area contributed by atoms with Crippen molar-refractivity contribution in [2.24, 2.45) is 0 Å². The van der Waals surface area contributed by atoms with E-state index >= 15 is 0 Å². The molecule has 0 aliphatic carbocycles. The van der Waals surface area contributed by atoms with Crippen molar-refractivity contribution < 1.29 is 34.3 Å². The molecule has 2 unspecified atom stereocenters. The number of hydrogen-bond donors (Lipinski definition) is 4. The molecule has 2 aromatic carbocycles. The molecule has 4 atom stereocenters. The maximum Gasteiger partial charge on any atom is 0.197 e. The van der Waals surface area contributed by atoms with E-state index in [1.54, 1.807) is 19.1 Å². The number of phenolic OH excluding ortho intramolecular Hbond substituents is 2. The van der Waals surface area contributed by atoms with Crippen molar-refractivity contribution in [1.29, 1.82) is 0 Å². The van der Waals surface area contributed by atoms with Gasteiger partial charge in [-0.3, -0.25) is 4.79 Å². The van der Waals surface area contributed by atoms with Crippen molar-refractivity contribution in [3.63, 3.8) is 0 Å². The summed E-state index contributed by atoms with van der Waals surface area (Å²) >= 11 is 0. The molecule has 1 fully saturated rings. The smallest absolute Gasteiger partial charge is 0.197 e. The zero-order chi connectivity index (χ0) is 21.6. The highest BCUT2D eigenvalue weighted by molar-refractivity contribution is 5.89. The summed E-state index contributed by atoms with van der Waals surface area (Å²) < 4.78 is 17.3. The van der Waals surface area contributed by atoms with E-state index in [2.05, 4.69) is 0 Å². The Hall–Kier alpha value is -3.07. The van der Waals surface area contributed by atoms with Crippen LogP contribution in [0.5, 0.6) is 17.2 Å². The molecular weight excluding hydrogens is 392 g/mol. The van der Waals surface area contributed by atoms with Gasteiger partial charge in [-0.25, -0.2) is 0 Å². The number of aliphatic hydroxyl groups is 2. The third kappa shape index (κ3) is 3.39. The highest BCUT2D eigenvalue weighted by Gasteiger charge is 2.38. The number of benzene rings is 2. The summed E-state index contributed by atoms with van der Waals surface area (Å²) in [6.45, 7) is 1.63. The fourth-order valence-electron chi connectivity index (χ4n) is 3.81. The van der Waals surface area contributed by atoms with Crippen LogP contribution in [0.3, 0.4) is 0 Å². The van der Waals surface area contributed by atoms with Gasteiger partial charge in [-0.1, -0.05) is 0 Å². The number of phenols is 2. The van der Waals surface area contributed by atoms with E-state index in [1.165, 1.54) is 31.4 Å². The predicted octanol–water partition coefficient (Wildman–Crippen LogP) is 2.45. The Balaban J connectivity index is 1.97. The quantitative estimate of drug-likeness (QED) is 0.514. The Morgan fingerprint density at radius 3 is 2.43 bits per heavy atom. The van der Waals surface area contributed by atoms with Crippen LogP contribution < -0.4 is 10.2 Å². The summed E-state index contributed by atoms with van der Waals surface area (Å²) in [4.78, 5) is 12.8. The van der Waals surface area contributed by atoms with Crippen molar-refractivity contribution in [3.05, 3.63) is 52.2 Å². The zero-order valence-electron chi connectivity index (χ0n) is 16.4. The maximum absolute atomic E-state index is 12.8. The van der Waals surface area contributed by atoms with Crippen molar-refractivity contribution in [1.82, 2.24) is 0 Å². The second-order valence-electron chi connectivity index (χ2n) is 7.36.